The van der Waals surface area contributed by atoms with Gasteiger partial charge in [0.25, 0.3) is 0 Å². The Morgan fingerprint density at radius 2 is 1.83 bits per heavy atom. The molecule has 0 bridgehead atoms. The van der Waals surface area contributed by atoms with Crippen LogP contribution < -0.4 is 4.90 Å². The van der Waals surface area contributed by atoms with Gasteiger partial charge in [-0.05, 0) is 32.4 Å². The minimum atomic E-state index is -0.0287. The van der Waals surface area contributed by atoms with Gasteiger partial charge in [-0.3, -0.25) is 9.69 Å². The number of piperazine rings is 1. The van der Waals surface area contributed by atoms with Crippen LogP contribution in [0.2, 0.25) is 0 Å². The summed E-state index contributed by atoms with van der Waals surface area (Å²) in [5, 5.41) is 0.269. The summed E-state index contributed by atoms with van der Waals surface area (Å²) in [5.74, 6) is 0.829. The van der Waals surface area contributed by atoms with Gasteiger partial charge in [0.1, 0.15) is 0 Å². The second-order valence-electron chi connectivity index (χ2n) is 5.65. The van der Waals surface area contributed by atoms with E-state index in [-0.39, 0.29) is 30.1 Å². The van der Waals surface area contributed by atoms with Gasteiger partial charge in [-0.25, -0.2) is 15.0 Å². The first-order valence-corrected chi connectivity index (χ1v) is 8.60. The topological polar surface area (TPSA) is 61.7 Å². The van der Waals surface area contributed by atoms with Crippen molar-refractivity contribution < 1.29 is 4.79 Å². The Kier molecular flexibility index (Phi) is 8.97. The zero-order chi connectivity index (χ0) is 15.4. The fraction of sp³-hybridized carbons (Fsp3) is 0.600. The number of hydrogen-bond donors (Lipinski definition) is 0. The van der Waals surface area contributed by atoms with Crippen LogP contribution in [-0.4, -0.2) is 63.8 Å². The Morgan fingerprint density at radius 3 is 2.42 bits per heavy atom. The van der Waals surface area contributed by atoms with Crippen molar-refractivity contribution in [2.75, 3.05) is 37.6 Å². The fourth-order valence-electron chi connectivity index (χ4n) is 2.84. The summed E-state index contributed by atoms with van der Waals surface area (Å²) in [6.45, 7) is 7.08. The van der Waals surface area contributed by atoms with Crippen LogP contribution >= 0.6 is 36.6 Å². The first-order valence-electron chi connectivity index (χ1n) is 7.72. The first kappa shape index (κ1) is 21.2. The molecule has 9 heteroatoms. The van der Waals surface area contributed by atoms with Gasteiger partial charge in [-0.15, -0.1) is 24.8 Å². The quantitative estimate of drug-likeness (QED) is 0.768. The molecule has 3 heterocycles. The molecule has 134 valence electrons. The number of anilines is 1. The van der Waals surface area contributed by atoms with Crippen molar-refractivity contribution in [3.05, 3.63) is 18.5 Å². The fourth-order valence-corrected chi connectivity index (χ4v) is 3.79. The Labute approximate surface area is 159 Å². The predicted molar refractivity (Wildman–Crippen MR) is 104 cm³/mol. The van der Waals surface area contributed by atoms with Crippen LogP contribution in [0.15, 0.2) is 23.5 Å². The third-order valence-electron chi connectivity index (χ3n) is 4.12. The average molecular weight is 392 g/mol. The zero-order valence-corrected chi connectivity index (χ0v) is 16.1. The molecule has 1 atom stereocenters. The number of rotatable bonds is 5. The van der Waals surface area contributed by atoms with Crippen LogP contribution in [0.4, 0.5) is 10.7 Å². The molecular weight excluding hydrogens is 369 g/mol. The van der Waals surface area contributed by atoms with Crippen molar-refractivity contribution in [2.24, 2.45) is 4.99 Å². The average Bonchev–Trinajstić information content (AvgIpc) is 2.87. The Bertz CT molecular complexity index is 552. The summed E-state index contributed by atoms with van der Waals surface area (Å²) in [6, 6.07) is 1.84. The normalized spacial score (nSPS) is 21.0. The second kappa shape index (κ2) is 10.2. The molecule has 2 aliphatic heterocycles. The summed E-state index contributed by atoms with van der Waals surface area (Å²) in [7, 11) is 0. The molecule has 0 radical (unpaired) electrons. The smallest absolute Gasteiger partial charge is 0.305 e. The molecule has 3 rings (SSSR count). The van der Waals surface area contributed by atoms with Gasteiger partial charge in [0.05, 0.1) is 5.25 Å². The maximum Gasteiger partial charge on any atom is 0.305 e. The van der Waals surface area contributed by atoms with E-state index in [9.17, 15) is 4.79 Å². The lowest BCUT2D eigenvalue weighted by Crippen LogP contribution is -2.47. The van der Waals surface area contributed by atoms with E-state index in [1.54, 1.807) is 12.4 Å². The van der Waals surface area contributed by atoms with E-state index in [1.807, 2.05) is 13.0 Å². The zero-order valence-electron chi connectivity index (χ0n) is 13.6. The third-order valence-corrected chi connectivity index (χ3v) is 5.28. The molecule has 1 fully saturated rings. The van der Waals surface area contributed by atoms with Crippen molar-refractivity contribution in [1.29, 1.82) is 0 Å². The largest absolute Gasteiger partial charge is 0.338 e. The van der Waals surface area contributed by atoms with E-state index in [4.69, 9.17) is 0 Å². The highest BCUT2D eigenvalue weighted by atomic mass is 35.5. The van der Waals surface area contributed by atoms with Crippen molar-refractivity contribution >= 4 is 53.5 Å². The minimum Gasteiger partial charge on any atom is -0.338 e. The highest BCUT2D eigenvalue weighted by Gasteiger charge is 2.24. The molecule has 2 aliphatic rings. The number of carbonyl (C=O) groups excluding carboxylic acids is 1. The SMILES string of the molecule is CC1=NC(=O)SC1CCCN1CCN(c2ncccn2)CC1.Cl.Cl. The third kappa shape index (κ3) is 5.58. The molecule has 0 saturated carbocycles. The molecule has 24 heavy (non-hydrogen) atoms. The van der Waals surface area contributed by atoms with Crippen LogP contribution in [0, 0.1) is 0 Å². The van der Waals surface area contributed by atoms with Gasteiger partial charge in [-0.2, -0.15) is 0 Å². The van der Waals surface area contributed by atoms with E-state index >= 15 is 0 Å². The van der Waals surface area contributed by atoms with Crippen LogP contribution in [-0.2, 0) is 0 Å². The monoisotopic (exact) mass is 391 g/mol. The number of thioether (sulfide) groups is 1. The lowest BCUT2D eigenvalue weighted by Gasteiger charge is -2.34. The Morgan fingerprint density at radius 1 is 1.17 bits per heavy atom. The molecule has 0 spiro atoms. The Balaban J connectivity index is 0.00000144. The number of aliphatic imine (C=N–C) groups is 1. The van der Waals surface area contributed by atoms with Crippen LogP contribution in [0.25, 0.3) is 0 Å². The number of aromatic nitrogens is 2. The standard InChI is InChI=1S/C15H21N5OS.2ClH/c1-12-13(22-15(21)18-12)4-2-7-19-8-10-20(11-9-19)14-16-5-3-6-17-14;;/h3,5-6,13H,2,4,7-11H2,1H3;2*1H. The molecule has 1 saturated heterocycles. The number of halogens is 2. The molecule has 6 nitrogen and oxygen atoms in total. The van der Waals surface area contributed by atoms with E-state index in [0.717, 1.165) is 57.2 Å². The van der Waals surface area contributed by atoms with Gasteiger partial charge >= 0.3 is 5.24 Å². The number of hydrogen-bond acceptors (Lipinski definition) is 6. The van der Waals surface area contributed by atoms with Crippen LogP contribution in [0.5, 0.6) is 0 Å². The van der Waals surface area contributed by atoms with Crippen LogP contribution in [0.1, 0.15) is 19.8 Å². The molecule has 1 unspecified atom stereocenters. The van der Waals surface area contributed by atoms with Gasteiger partial charge in [0, 0.05) is 44.3 Å². The van der Waals surface area contributed by atoms with E-state index in [1.165, 1.54) is 11.8 Å². The summed E-state index contributed by atoms with van der Waals surface area (Å²) in [6.07, 6.45) is 5.73. The van der Waals surface area contributed by atoms with Crippen molar-refractivity contribution in [2.45, 2.75) is 25.0 Å². The predicted octanol–water partition coefficient (Wildman–Crippen LogP) is 2.92. The number of nitrogens with zero attached hydrogens (tertiary/aromatic N) is 5. The molecule has 1 amide bonds. The lowest BCUT2D eigenvalue weighted by molar-refractivity contribution is 0.252. The lowest BCUT2D eigenvalue weighted by atomic mass is 10.1. The number of carbonyl (C=O) groups is 1. The highest BCUT2D eigenvalue weighted by molar-refractivity contribution is 8.15. The highest BCUT2D eigenvalue weighted by Crippen LogP contribution is 2.26. The van der Waals surface area contributed by atoms with E-state index < -0.39 is 0 Å². The maximum absolute atomic E-state index is 11.2. The van der Waals surface area contributed by atoms with Crippen molar-refractivity contribution in [1.82, 2.24) is 14.9 Å². The molecule has 0 aliphatic carbocycles. The molecule has 1 aromatic rings. The van der Waals surface area contributed by atoms with Gasteiger partial charge < -0.3 is 4.90 Å². The summed E-state index contributed by atoms with van der Waals surface area (Å²) < 4.78 is 0. The first-order chi connectivity index (χ1) is 10.7. The van der Waals surface area contributed by atoms with E-state index in [2.05, 4.69) is 24.8 Å². The Hall–Kier alpha value is -0.890. The second-order valence-corrected chi connectivity index (χ2v) is 6.80. The molecule has 1 aromatic heterocycles. The van der Waals surface area contributed by atoms with Gasteiger partial charge in [0.2, 0.25) is 5.95 Å². The van der Waals surface area contributed by atoms with Crippen molar-refractivity contribution in [3.63, 3.8) is 0 Å². The summed E-state index contributed by atoms with van der Waals surface area (Å²) in [4.78, 5) is 28.6. The molecular formula is C15H23Cl2N5OS. The minimum absolute atomic E-state index is 0. The van der Waals surface area contributed by atoms with Gasteiger partial charge in [-0.1, -0.05) is 11.8 Å². The molecule has 0 aromatic carbocycles. The molecule has 0 N–H and O–H groups in total. The summed E-state index contributed by atoms with van der Waals surface area (Å²) >= 11 is 1.37. The maximum atomic E-state index is 11.2. The van der Waals surface area contributed by atoms with Gasteiger partial charge in [0.15, 0.2) is 0 Å². The van der Waals surface area contributed by atoms with E-state index in [0.29, 0.717) is 5.25 Å². The van der Waals surface area contributed by atoms with Crippen molar-refractivity contribution in [3.8, 4) is 0 Å². The number of amides is 1. The van der Waals surface area contributed by atoms with Crippen LogP contribution in [0.3, 0.4) is 0 Å². The summed E-state index contributed by atoms with van der Waals surface area (Å²) in [5.41, 5.74) is 0.987.